The fraction of sp³-hybridized carbons (Fsp3) is 0.0714. The Kier molecular flexibility index (Phi) is 4.77. The Morgan fingerprint density at radius 3 is 2.20 bits per heavy atom. The summed E-state index contributed by atoms with van der Waals surface area (Å²) in [6.45, 7) is 0. The first-order valence-corrected chi connectivity index (χ1v) is 7.63. The van der Waals surface area contributed by atoms with Gasteiger partial charge in [0.25, 0.3) is 5.91 Å². The number of rotatable bonds is 3. The lowest BCUT2D eigenvalue weighted by molar-refractivity contribution is 0.102. The number of amides is 1. The summed E-state index contributed by atoms with van der Waals surface area (Å²) in [7, 11) is 0. The molecule has 0 radical (unpaired) electrons. The van der Waals surface area contributed by atoms with Crippen molar-refractivity contribution in [3.05, 3.63) is 58.1 Å². The van der Waals surface area contributed by atoms with E-state index in [1.165, 1.54) is 0 Å². The third-order valence-corrected chi connectivity index (χ3v) is 3.80. The van der Waals surface area contributed by atoms with Gasteiger partial charge in [0, 0.05) is 14.9 Å². The largest absolute Gasteiger partial charge is 0.317 e. The van der Waals surface area contributed by atoms with Crippen LogP contribution in [0.4, 0.5) is 14.5 Å². The van der Waals surface area contributed by atoms with Gasteiger partial charge in [0.05, 0.1) is 0 Å². The van der Waals surface area contributed by atoms with E-state index in [0.717, 1.165) is 17.0 Å². The minimum Gasteiger partial charge on any atom is -0.317 e. The molecule has 0 heterocycles. The van der Waals surface area contributed by atoms with Gasteiger partial charge in [-0.15, -0.1) is 11.8 Å². The Morgan fingerprint density at radius 1 is 1.15 bits per heavy atom. The van der Waals surface area contributed by atoms with Crippen LogP contribution in [0.3, 0.4) is 0 Å². The quantitative estimate of drug-likeness (QED) is 0.806. The van der Waals surface area contributed by atoms with Crippen molar-refractivity contribution >= 4 is 39.3 Å². The van der Waals surface area contributed by atoms with Gasteiger partial charge in [0.1, 0.15) is 5.69 Å². The molecule has 0 bridgehead atoms. The van der Waals surface area contributed by atoms with Gasteiger partial charge in [-0.3, -0.25) is 4.79 Å². The zero-order valence-electron chi connectivity index (χ0n) is 10.4. The molecule has 0 saturated carbocycles. The lowest BCUT2D eigenvalue weighted by atomic mass is 10.2. The number of anilines is 1. The zero-order chi connectivity index (χ0) is 14.7. The van der Waals surface area contributed by atoms with Gasteiger partial charge < -0.3 is 5.32 Å². The van der Waals surface area contributed by atoms with E-state index in [2.05, 4.69) is 21.2 Å². The molecule has 20 heavy (non-hydrogen) atoms. The second kappa shape index (κ2) is 6.37. The monoisotopic (exact) mass is 357 g/mol. The molecule has 0 aliphatic carbocycles. The number of hydrogen-bond acceptors (Lipinski definition) is 2. The van der Waals surface area contributed by atoms with Gasteiger partial charge >= 0.3 is 0 Å². The molecule has 6 heteroatoms. The first kappa shape index (κ1) is 15.0. The lowest BCUT2D eigenvalue weighted by Crippen LogP contribution is -2.14. The van der Waals surface area contributed by atoms with Crippen LogP contribution in [-0.4, -0.2) is 12.2 Å². The molecular formula is C14H10BrF2NOS. The van der Waals surface area contributed by atoms with E-state index in [0.29, 0.717) is 5.56 Å². The second-order valence-corrected chi connectivity index (χ2v) is 5.72. The van der Waals surface area contributed by atoms with Gasteiger partial charge in [-0.05, 0) is 42.7 Å². The summed E-state index contributed by atoms with van der Waals surface area (Å²) in [6.07, 6.45) is 1.92. The van der Waals surface area contributed by atoms with Crippen LogP contribution < -0.4 is 5.32 Å². The van der Waals surface area contributed by atoms with Crippen LogP contribution in [0.15, 0.2) is 45.8 Å². The van der Waals surface area contributed by atoms with E-state index in [1.54, 1.807) is 36.0 Å². The highest BCUT2D eigenvalue weighted by molar-refractivity contribution is 9.10. The standard InChI is InChI=1S/C14H10BrF2NOS/c1-20-10-4-2-8(3-5-10)14(19)18-13-11(16)6-9(15)7-12(13)17/h2-7H,1H3,(H,18,19). The predicted octanol–water partition coefficient (Wildman–Crippen LogP) is 4.70. The second-order valence-electron chi connectivity index (χ2n) is 3.93. The van der Waals surface area contributed by atoms with Crippen molar-refractivity contribution < 1.29 is 13.6 Å². The van der Waals surface area contributed by atoms with Crippen molar-refractivity contribution in [3.63, 3.8) is 0 Å². The number of halogens is 3. The summed E-state index contributed by atoms with van der Waals surface area (Å²) in [4.78, 5) is 12.9. The van der Waals surface area contributed by atoms with Gasteiger partial charge in [0.2, 0.25) is 0 Å². The van der Waals surface area contributed by atoms with E-state index in [4.69, 9.17) is 0 Å². The van der Waals surface area contributed by atoms with Gasteiger partial charge in [-0.25, -0.2) is 8.78 Å². The number of benzene rings is 2. The van der Waals surface area contributed by atoms with Crippen LogP contribution in [0.1, 0.15) is 10.4 Å². The van der Waals surface area contributed by atoms with Crippen LogP contribution in [0.5, 0.6) is 0 Å². The summed E-state index contributed by atoms with van der Waals surface area (Å²) in [5.74, 6) is -2.21. The summed E-state index contributed by atoms with van der Waals surface area (Å²) in [5.41, 5.74) is -0.114. The minimum absolute atomic E-state index is 0.273. The molecule has 0 unspecified atom stereocenters. The molecule has 1 amide bonds. The van der Waals surface area contributed by atoms with E-state index in [9.17, 15) is 13.6 Å². The molecule has 2 rings (SSSR count). The molecule has 2 nitrogen and oxygen atoms in total. The number of hydrogen-bond donors (Lipinski definition) is 1. The average Bonchev–Trinajstić information content (AvgIpc) is 2.42. The van der Waals surface area contributed by atoms with E-state index in [1.807, 2.05) is 6.26 Å². The smallest absolute Gasteiger partial charge is 0.255 e. The molecule has 0 aliphatic rings. The molecule has 1 N–H and O–H groups in total. The van der Waals surface area contributed by atoms with Crippen LogP contribution in [0, 0.1) is 11.6 Å². The molecule has 0 spiro atoms. The SMILES string of the molecule is CSc1ccc(C(=O)Nc2c(F)cc(Br)cc2F)cc1. The summed E-state index contributed by atoms with van der Waals surface area (Å²) in [6, 6.07) is 8.94. The number of carbonyl (C=O) groups is 1. The zero-order valence-corrected chi connectivity index (χ0v) is 12.8. The van der Waals surface area contributed by atoms with E-state index >= 15 is 0 Å². The Bertz CT molecular complexity index is 623. The van der Waals surface area contributed by atoms with Crippen molar-refractivity contribution in [1.29, 1.82) is 0 Å². The van der Waals surface area contributed by atoms with Gasteiger partial charge in [-0.2, -0.15) is 0 Å². The van der Waals surface area contributed by atoms with Crippen LogP contribution in [-0.2, 0) is 0 Å². The molecule has 0 atom stereocenters. The fourth-order valence-electron chi connectivity index (χ4n) is 1.59. The third-order valence-electron chi connectivity index (χ3n) is 2.60. The molecular weight excluding hydrogens is 348 g/mol. The summed E-state index contributed by atoms with van der Waals surface area (Å²) >= 11 is 4.52. The molecule has 0 aromatic heterocycles. The number of carbonyl (C=O) groups excluding carboxylic acids is 1. The molecule has 0 saturated heterocycles. The normalized spacial score (nSPS) is 10.4. The summed E-state index contributed by atoms with van der Waals surface area (Å²) in [5, 5.41) is 2.24. The molecule has 104 valence electrons. The predicted molar refractivity (Wildman–Crippen MR) is 80.2 cm³/mol. The Hall–Kier alpha value is -1.40. The van der Waals surface area contributed by atoms with E-state index in [-0.39, 0.29) is 4.47 Å². The van der Waals surface area contributed by atoms with Gasteiger partial charge in [-0.1, -0.05) is 15.9 Å². The highest BCUT2D eigenvalue weighted by Crippen LogP contribution is 2.24. The first-order valence-electron chi connectivity index (χ1n) is 5.61. The van der Waals surface area contributed by atoms with Crippen molar-refractivity contribution in [1.82, 2.24) is 0 Å². The van der Waals surface area contributed by atoms with E-state index < -0.39 is 23.2 Å². The van der Waals surface area contributed by atoms with Crippen LogP contribution in [0.2, 0.25) is 0 Å². The van der Waals surface area contributed by atoms with Crippen LogP contribution in [0.25, 0.3) is 0 Å². The maximum Gasteiger partial charge on any atom is 0.255 e. The summed E-state index contributed by atoms with van der Waals surface area (Å²) < 4.78 is 27.5. The fourth-order valence-corrected chi connectivity index (χ4v) is 2.40. The maximum atomic E-state index is 13.6. The topological polar surface area (TPSA) is 29.1 Å². The first-order chi connectivity index (χ1) is 9.51. The van der Waals surface area contributed by atoms with Crippen molar-refractivity contribution in [2.45, 2.75) is 4.90 Å². The molecule has 0 fully saturated rings. The Labute approximate surface area is 127 Å². The highest BCUT2D eigenvalue weighted by Gasteiger charge is 2.14. The lowest BCUT2D eigenvalue weighted by Gasteiger charge is -2.08. The van der Waals surface area contributed by atoms with Gasteiger partial charge in [0.15, 0.2) is 11.6 Å². The number of nitrogens with one attached hydrogen (secondary N) is 1. The average molecular weight is 358 g/mol. The van der Waals surface area contributed by atoms with Crippen molar-refractivity contribution in [2.24, 2.45) is 0 Å². The Morgan fingerprint density at radius 2 is 1.70 bits per heavy atom. The highest BCUT2D eigenvalue weighted by atomic mass is 79.9. The van der Waals surface area contributed by atoms with Crippen molar-refractivity contribution in [3.8, 4) is 0 Å². The third kappa shape index (κ3) is 3.37. The Balaban J connectivity index is 2.23. The molecule has 2 aromatic rings. The minimum atomic E-state index is -0.828. The van der Waals surface area contributed by atoms with Crippen LogP contribution >= 0.6 is 27.7 Å². The van der Waals surface area contributed by atoms with Crippen molar-refractivity contribution in [2.75, 3.05) is 11.6 Å². The maximum absolute atomic E-state index is 13.6. The molecule has 0 aliphatic heterocycles. The number of thioether (sulfide) groups is 1. The molecule has 2 aromatic carbocycles.